The Morgan fingerprint density at radius 2 is 2.30 bits per heavy atom. The molecule has 3 N–H and O–H groups in total. The highest BCUT2D eigenvalue weighted by Gasteiger charge is 2.39. The molecule has 0 radical (unpaired) electrons. The summed E-state index contributed by atoms with van der Waals surface area (Å²) in [5.41, 5.74) is 0.0388. The number of urea groups is 1. The Labute approximate surface area is 59.4 Å². The van der Waals surface area contributed by atoms with Crippen molar-refractivity contribution in [1.29, 1.82) is 0 Å². The van der Waals surface area contributed by atoms with E-state index in [2.05, 4.69) is 16.0 Å². The number of nitrogens with one attached hydrogen (secondary N) is 3. The van der Waals surface area contributed by atoms with Crippen LogP contribution in [0.5, 0.6) is 0 Å². The largest absolute Gasteiger partial charge is 0.336 e. The second-order valence-electron chi connectivity index (χ2n) is 3.01. The summed E-state index contributed by atoms with van der Waals surface area (Å²) in [7, 11) is 0. The molecule has 2 heterocycles. The third-order valence-electron chi connectivity index (χ3n) is 2.21. The number of hydrogen-bond donors (Lipinski definition) is 3. The van der Waals surface area contributed by atoms with E-state index in [1.807, 2.05) is 0 Å². The van der Waals surface area contributed by atoms with Crippen LogP contribution in [0.15, 0.2) is 0 Å². The minimum absolute atomic E-state index is 0.0244. The van der Waals surface area contributed by atoms with E-state index < -0.39 is 0 Å². The third-order valence-corrected chi connectivity index (χ3v) is 2.21. The molecule has 2 aliphatic heterocycles. The first kappa shape index (κ1) is 5.97. The summed E-state index contributed by atoms with van der Waals surface area (Å²) in [6.07, 6.45) is 1.05. The lowest BCUT2D eigenvalue weighted by atomic mass is 10.0. The van der Waals surface area contributed by atoms with E-state index in [4.69, 9.17) is 0 Å². The van der Waals surface area contributed by atoms with Crippen LogP contribution in [0.2, 0.25) is 0 Å². The quantitative estimate of drug-likeness (QED) is 0.406. The lowest BCUT2D eigenvalue weighted by molar-refractivity contribution is 0.245. The highest BCUT2D eigenvalue weighted by atomic mass is 16.2. The number of amides is 2. The van der Waals surface area contributed by atoms with Gasteiger partial charge in [-0.2, -0.15) is 0 Å². The SMILES string of the molecule is O=C1NCC2(CCNC2)N1. The van der Waals surface area contributed by atoms with Crippen LogP contribution in [0, 0.1) is 0 Å². The van der Waals surface area contributed by atoms with E-state index in [-0.39, 0.29) is 11.6 Å². The van der Waals surface area contributed by atoms with Crippen LogP contribution in [0.3, 0.4) is 0 Å². The van der Waals surface area contributed by atoms with Crippen LogP contribution in [-0.2, 0) is 0 Å². The summed E-state index contributed by atoms with van der Waals surface area (Å²) in [4.78, 5) is 10.8. The minimum Gasteiger partial charge on any atom is -0.336 e. The zero-order valence-corrected chi connectivity index (χ0v) is 5.74. The summed E-state index contributed by atoms with van der Waals surface area (Å²) >= 11 is 0. The molecule has 0 aliphatic carbocycles. The van der Waals surface area contributed by atoms with Crippen molar-refractivity contribution >= 4 is 6.03 Å². The Hall–Kier alpha value is -0.770. The number of hydrogen-bond acceptors (Lipinski definition) is 2. The number of carbonyl (C=O) groups is 1. The van der Waals surface area contributed by atoms with Crippen molar-refractivity contribution in [2.45, 2.75) is 12.0 Å². The molecule has 2 aliphatic rings. The molecule has 56 valence electrons. The molecule has 0 aromatic heterocycles. The Morgan fingerprint density at radius 1 is 1.40 bits per heavy atom. The first-order valence-corrected chi connectivity index (χ1v) is 3.58. The van der Waals surface area contributed by atoms with Crippen molar-refractivity contribution in [2.75, 3.05) is 19.6 Å². The van der Waals surface area contributed by atoms with E-state index in [1.165, 1.54) is 0 Å². The minimum atomic E-state index is -0.0244. The highest BCUT2D eigenvalue weighted by molar-refractivity contribution is 5.77. The smallest absolute Gasteiger partial charge is 0.315 e. The molecule has 2 saturated heterocycles. The van der Waals surface area contributed by atoms with E-state index in [0.717, 1.165) is 26.1 Å². The van der Waals surface area contributed by atoms with Gasteiger partial charge in [-0.1, -0.05) is 0 Å². The Morgan fingerprint density at radius 3 is 2.80 bits per heavy atom. The van der Waals surface area contributed by atoms with Crippen molar-refractivity contribution in [3.63, 3.8) is 0 Å². The lowest BCUT2D eigenvalue weighted by Gasteiger charge is -2.18. The van der Waals surface area contributed by atoms with E-state index >= 15 is 0 Å². The van der Waals surface area contributed by atoms with Gasteiger partial charge < -0.3 is 16.0 Å². The summed E-state index contributed by atoms with van der Waals surface area (Å²) < 4.78 is 0. The predicted octanol–water partition coefficient (Wildman–Crippen LogP) is -0.969. The maximum atomic E-state index is 10.8. The lowest BCUT2D eigenvalue weighted by Crippen LogP contribution is -2.45. The van der Waals surface area contributed by atoms with Gasteiger partial charge in [-0.25, -0.2) is 4.79 Å². The molecular weight excluding hydrogens is 130 g/mol. The maximum absolute atomic E-state index is 10.8. The molecular formula is C6H11N3O. The van der Waals surface area contributed by atoms with Crippen molar-refractivity contribution in [1.82, 2.24) is 16.0 Å². The fourth-order valence-electron chi connectivity index (χ4n) is 1.58. The second-order valence-corrected chi connectivity index (χ2v) is 3.01. The molecule has 2 fully saturated rings. The standard InChI is InChI=1S/C6H11N3O/c10-5-8-4-6(9-5)1-2-7-3-6/h7H,1-4H2,(H2,8,9,10). The maximum Gasteiger partial charge on any atom is 0.315 e. The molecule has 1 atom stereocenters. The fourth-order valence-corrected chi connectivity index (χ4v) is 1.58. The average Bonchev–Trinajstić information content (AvgIpc) is 2.46. The van der Waals surface area contributed by atoms with Gasteiger partial charge in [0.2, 0.25) is 0 Å². The van der Waals surface area contributed by atoms with Gasteiger partial charge in [0.15, 0.2) is 0 Å². The Kier molecular flexibility index (Phi) is 1.11. The number of carbonyl (C=O) groups excluding carboxylic acids is 1. The molecule has 2 amide bonds. The van der Waals surface area contributed by atoms with Crippen molar-refractivity contribution in [3.8, 4) is 0 Å². The molecule has 1 unspecified atom stereocenters. The molecule has 0 aromatic carbocycles. The van der Waals surface area contributed by atoms with Crippen LogP contribution < -0.4 is 16.0 Å². The predicted molar refractivity (Wildman–Crippen MR) is 36.8 cm³/mol. The molecule has 4 heteroatoms. The van der Waals surface area contributed by atoms with Crippen LogP contribution in [0.25, 0.3) is 0 Å². The molecule has 4 nitrogen and oxygen atoms in total. The van der Waals surface area contributed by atoms with Gasteiger partial charge in [0.25, 0.3) is 0 Å². The fraction of sp³-hybridized carbons (Fsp3) is 0.833. The van der Waals surface area contributed by atoms with Gasteiger partial charge in [-0.05, 0) is 13.0 Å². The van der Waals surface area contributed by atoms with Crippen LogP contribution in [0.4, 0.5) is 4.79 Å². The van der Waals surface area contributed by atoms with E-state index in [0.29, 0.717) is 0 Å². The van der Waals surface area contributed by atoms with Crippen LogP contribution in [-0.4, -0.2) is 31.2 Å². The van der Waals surface area contributed by atoms with Gasteiger partial charge in [-0.3, -0.25) is 0 Å². The van der Waals surface area contributed by atoms with Crippen LogP contribution in [0.1, 0.15) is 6.42 Å². The summed E-state index contributed by atoms with van der Waals surface area (Å²) in [6.45, 7) is 2.70. The molecule has 1 spiro atoms. The van der Waals surface area contributed by atoms with Crippen LogP contribution >= 0.6 is 0 Å². The average molecular weight is 141 g/mol. The topological polar surface area (TPSA) is 53.2 Å². The normalized spacial score (nSPS) is 38.2. The van der Waals surface area contributed by atoms with E-state index in [9.17, 15) is 4.79 Å². The first-order valence-electron chi connectivity index (χ1n) is 3.58. The highest BCUT2D eigenvalue weighted by Crippen LogP contribution is 2.16. The summed E-state index contributed by atoms with van der Waals surface area (Å²) in [6, 6.07) is -0.0244. The second kappa shape index (κ2) is 1.85. The van der Waals surface area contributed by atoms with Gasteiger partial charge in [0.1, 0.15) is 0 Å². The van der Waals surface area contributed by atoms with Crippen molar-refractivity contribution < 1.29 is 4.79 Å². The summed E-state index contributed by atoms with van der Waals surface area (Å²) in [5.74, 6) is 0. The van der Waals surface area contributed by atoms with Crippen molar-refractivity contribution in [3.05, 3.63) is 0 Å². The van der Waals surface area contributed by atoms with Gasteiger partial charge in [0, 0.05) is 13.1 Å². The Bertz CT molecular complexity index is 162. The monoisotopic (exact) mass is 141 g/mol. The molecule has 2 rings (SSSR count). The van der Waals surface area contributed by atoms with E-state index in [1.54, 1.807) is 0 Å². The van der Waals surface area contributed by atoms with Crippen molar-refractivity contribution in [2.24, 2.45) is 0 Å². The molecule has 0 bridgehead atoms. The first-order chi connectivity index (χ1) is 4.81. The van der Waals surface area contributed by atoms with Gasteiger partial charge in [-0.15, -0.1) is 0 Å². The van der Waals surface area contributed by atoms with Gasteiger partial charge >= 0.3 is 6.03 Å². The zero-order chi connectivity index (χ0) is 7.03. The third kappa shape index (κ3) is 0.759. The Balaban J connectivity index is 2.09. The zero-order valence-electron chi connectivity index (χ0n) is 5.74. The van der Waals surface area contributed by atoms with Gasteiger partial charge in [0.05, 0.1) is 5.54 Å². The summed E-state index contributed by atoms with van der Waals surface area (Å²) in [5, 5.41) is 8.90. The number of rotatable bonds is 0. The molecule has 0 aromatic rings. The molecule has 0 saturated carbocycles. The molecule has 10 heavy (non-hydrogen) atoms.